The first kappa shape index (κ1) is 12.8. The summed E-state index contributed by atoms with van der Waals surface area (Å²) in [7, 11) is -4.24. The summed E-state index contributed by atoms with van der Waals surface area (Å²) in [5, 5.41) is 1.22. The summed E-state index contributed by atoms with van der Waals surface area (Å²) in [5.41, 5.74) is 6.45. The molecule has 0 saturated carbocycles. The number of fused-ring (bicyclic) bond motifs is 1. The molecule has 0 heterocycles. The monoisotopic (exact) mass is 266 g/mol. The fourth-order valence-corrected chi connectivity index (χ4v) is 2.55. The van der Waals surface area contributed by atoms with E-state index in [1.807, 2.05) is 13.0 Å². The summed E-state index contributed by atoms with van der Waals surface area (Å²) in [5.74, 6) is 0. The summed E-state index contributed by atoms with van der Waals surface area (Å²) in [6.45, 7) is 2.60. The Hall–Kier alpha value is -1.63. The van der Waals surface area contributed by atoms with E-state index in [1.54, 1.807) is 24.3 Å². The van der Waals surface area contributed by atoms with E-state index in [9.17, 15) is 13.0 Å². The van der Waals surface area contributed by atoms with Gasteiger partial charge in [0.1, 0.15) is 4.90 Å². The molecule has 0 radical (unpaired) electrons. The van der Waals surface area contributed by atoms with Gasteiger partial charge in [-0.25, -0.2) is 5.43 Å². The van der Waals surface area contributed by atoms with Crippen molar-refractivity contribution in [2.75, 3.05) is 12.0 Å². The summed E-state index contributed by atoms with van der Waals surface area (Å²) >= 11 is 0. The molecule has 0 atom stereocenters. The molecule has 0 spiro atoms. The van der Waals surface area contributed by atoms with Crippen molar-refractivity contribution in [2.24, 2.45) is 0 Å². The molecule has 2 aromatic rings. The van der Waals surface area contributed by atoms with Crippen LogP contribution in [-0.2, 0) is 10.1 Å². The summed E-state index contributed by atoms with van der Waals surface area (Å²) in [6, 6.07) is 10.1. The summed E-state index contributed by atoms with van der Waals surface area (Å²) in [4.78, 5) is -0.0963. The molecule has 0 aliphatic rings. The Morgan fingerprint density at radius 1 is 1.17 bits per heavy atom. The van der Waals surface area contributed by atoms with E-state index in [4.69, 9.17) is 0 Å². The van der Waals surface area contributed by atoms with Gasteiger partial charge in [-0.1, -0.05) is 31.2 Å². The van der Waals surface area contributed by atoms with E-state index in [2.05, 4.69) is 10.9 Å². The van der Waals surface area contributed by atoms with Crippen molar-refractivity contribution in [3.8, 4) is 0 Å². The predicted molar refractivity (Wildman–Crippen MR) is 71.1 cm³/mol. The van der Waals surface area contributed by atoms with Crippen molar-refractivity contribution in [2.45, 2.75) is 11.8 Å². The van der Waals surface area contributed by atoms with Crippen LogP contribution in [-0.4, -0.2) is 19.5 Å². The predicted octanol–water partition coefficient (Wildman–Crippen LogP) is 2.02. The lowest BCUT2D eigenvalue weighted by molar-refractivity contribution is 0.484. The highest BCUT2D eigenvalue weighted by atomic mass is 32.2. The molecule has 0 unspecified atom stereocenters. The highest BCUT2D eigenvalue weighted by Gasteiger charge is 2.15. The molecule has 6 heteroatoms. The van der Waals surface area contributed by atoms with Crippen LogP contribution in [0.1, 0.15) is 6.92 Å². The number of hydrogen-bond donors (Lipinski definition) is 3. The molecule has 5 nitrogen and oxygen atoms in total. The van der Waals surface area contributed by atoms with Gasteiger partial charge in [-0.05, 0) is 17.5 Å². The van der Waals surface area contributed by atoms with Gasteiger partial charge in [-0.3, -0.25) is 4.55 Å². The molecule has 0 aliphatic carbocycles. The maximum absolute atomic E-state index is 11.4. The van der Waals surface area contributed by atoms with E-state index in [1.165, 1.54) is 6.07 Å². The molecule has 2 rings (SSSR count). The standard InChI is InChI=1S/C12H14N2O3S/c1-2-13-14-10-7-3-5-9-6-4-8-11(12(9)10)18(15,16)17/h3-8,13-14H,2H2,1H3,(H,15,16,17). The summed E-state index contributed by atoms with van der Waals surface area (Å²) in [6.07, 6.45) is 0. The van der Waals surface area contributed by atoms with E-state index >= 15 is 0 Å². The maximum atomic E-state index is 11.4. The lowest BCUT2D eigenvalue weighted by atomic mass is 10.1. The van der Waals surface area contributed by atoms with Crippen LogP contribution in [0.3, 0.4) is 0 Å². The molecule has 0 saturated heterocycles. The lowest BCUT2D eigenvalue weighted by Crippen LogP contribution is -2.21. The van der Waals surface area contributed by atoms with Crippen molar-refractivity contribution < 1.29 is 13.0 Å². The molecule has 0 aliphatic heterocycles. The second-order valence-corrected chi connectivity index (χ2v) is 5.18. The van der Waals surface area contributed by atoms with Gasteiger partial charge in [0.05, 0.1) is 5.69 Å². The zero-order chi connectivity index (χ0) is 13.2. The maximum Gasteiger partial charge on any atom is 0.295 e. The van der Waals surface area contributed by atoms with Crippen LogP contribution in [0.4, 0.5) is 5.69 Å². The Bertz CT molecular complexity index is 663. The first-order valence-corrected chi connectivity index (χ1v) is 6.96. The minimum Gasteiger partial charge on any atom is -0.321 e. The van der Waals surface area contributed by atoms with Gasteiger partial charge in [0.25, 0.3) is 10.1 Å². The highest BCUT2D eigenvalue weighted by Crippen LogP contribution is 2.29. The van der Waals surface area contributed by atoms with Crippen LogP contribution in [0.25, 0.3) is 10.8 Å². The molecule has 18 heavy (non-hydrogen) atoms. The minimum absolute atomic E-state index is 0.0963. The Kier molecular flexibility index (Phi) is 3.51. The Balaban J connectivity index is 2.72. The number of hydrogen-bond acceptors (Lipinski definition) is 4. The average Bonchev–Trinajstić information content (AvgIpc) is 2.34. The van der Waals surface area contributed by atoms with Crippen molar-refractivity contribution in [3.63, 3.8) is 0 Å². The minimum atomic E-state index is -4.24. The third-order valence-electron chi connectivity index (χ3n) is 2.54. The second kappa shape index (κ2) is 4.93. The number of anilines is 1. The zero-order valence-corrected chi connectivity index (χ0v) is 10.7. The first-order valence-electron chi connectivity index (χ1n) is 5.52. The molecule has 0 aromatic heterocycles. The van der Waals surface area contributed by atoms with Crippen molar-refractivity contribution in [1.29, 1.82) is 0 Å². The molecule has 3 N–H and O–H groups in total. The molecular formula is C12H14N2O3S. The average molecular weight is 266 g/mol. The number of benzene rings is 2. The SMILES string of the molecule is CCNNc1cccc2cccc(S(=O)(=O)O)c12. The van der Waals surface area contributed by atoms with E-state index < -0.39 is 10.1 Å². The quantitative estimate of drug-likeness (QED) is 0.583. The Labute approximate surface area is 106 Å². The topological polar surface area (TPSA) is 78.4 Å². The molecule has 96 valence electrons. The van der Waals surface area contributed by atoms with Crippen LogP contribution < -0.4 is 10.9 Å². The van der Waals surface area contributed by atoms with Gasteiger partial charge in [-0.2, -0.15) is 8.42 Å². The Morgan fingerprint density at radius 2 is 1.83 bits per heavy atom. The van der Waals surface area contributed by atoms with Crippen molar-refractivity contribution in [1.82, 2.24) is 5.43 Å². The van der Waals surface area contributed by atoms with Crippen LogP contribution in [0, 0.1) is 0 Å². The molecule has 0 bridgehead atoms. The summed E-state index contributed by atoms with van der Waals surface area (Å²) < 4.78 is 32.0. The van der Waals surface area contributed by atoms with E-state index in [0.717, 1.165) is 5.39 Å². The van der Waals surface area contributed by atoms with Crippen LogP contribution >= 0.6 is 0 Å². The van der Waals surface area contributed by atoms with E-state index in [-0.39, 0.29) is 4.90 Å². The zero-order valence-electron chi connectivity index (χ0n) is 9.84. The van der Waals surface area contributed by atoms with Crippen LogP contribution in [0.5, 0.6) is 0 Å². The largest absolute Gasteiger partial charge is 0.321 e. The normalized spacial score (nSPS) is 11.7. The molecule has 2 aromatic carbocycles. The Morgan fingerprint density at radius 3 is 2.44 bits per heavy atom. The molecule has 0 fully saturated rings. The third-order valence-corrected chi connectivity index (χ3v) is 3.44. The van der Waals surface area contributed by atoms with Gasteiger partial charge in [0.15, 0.2) is 0 Å². The van der Waals surface area contributed by atoms with Gasteiger partial charge >= 0.3 is 0 Å². The third kappa shape index (κ3) is 2.45. The van der Waals surface area contributed by atoms with E-state index in [0.29, 0.717) is 17.6 Å². The number of hydrazine groups is 1. The van der Waals surface area contributed by atoms with Gasteiger partial charge in [0, 0.05) is 11.9 Å². The lowest BCUT2D eigenvalue weighted by Gasteiger charge is -2.12. The molecule has 0 amide bonds. The second-order valence-electron chi connectivity index (χ2n) is 3.79. The smallest absolute Gasteiger partial charge is 0.295 e. The van der Waals surface area contributed by atoms with Gasteiger partial charge in [-0.15, -0.1) is 0 Å². The van der Waals surface area contributed by atoms with Crippen molar-refractivity contribution >= 4 is 26.6 Å². The highest BCUT2D eigenvalue weighted by molar-refractivity contribution is 7.86. The number of nitrogens with one attached hydrogen (secondary N) is 2. The van der Waals surface area contributed by atoms with Crippen molar-refractivity contribution in [3.05, 3.63) is 36.4 Å². The first-order chi connectivity index (χ1) is 8.54. The molecular weight excluding hydrogens is 252 g/mol. The fraction of sp³-hybridized carbons (Fsp3) is 0.167. The number of rotatable bonds is 4. The van der Waals surface area contributed by atoms with Gasteiger partial charge in [0.2, 0.25) is 0 Å². The van der Waals surface area contributed by atoms with Gasteiger partial charge < -0.3 is 5.43 Å². The fourth-order valence-electron chi connectivity index (χ4n) is 1.81. The van der Waals surface area contributed by atoms with Crippen LogP contribution in [0.15, 0.2) is 41.3 Å². The van der Waals surface area contributed by atoms with Crippen LogP contribution in [0.2, 0.25) is 0 Å².